The number of nitrogens with one attached hydrogen (secondary N) is 1. The number of rotatable bonds is 6. The molecule has 0 amide bonds. The van der Waals surface area contributed by atoms with Gasteiger partial charge in [-0.3, -0.25) is 4.90 Å². The fourth-order valence-corrected chi connectivity index (χ4v) is 3.18. The molecule has 20 heavy (non-hydrogen) atoms. The zero-order chi connectivity index (χ0) is 14.4. The van der Waals surface area contributed by atoms with E-state index in [0.717, 1.165) is 19.0 Å². The van der Waals surface area contributed by atoms with Crippen LogP contribution in [0.3, 0.4) is 0 Å². The van der Waals surface area contributed by atoms with E-state index in [1.165, 1.54) is 43.5 Å². The Kier molecular flexibility index (Phi) is 6.06. The number of hydrogen-bond donors (Lipinski definition) is 1. The third-order valence-electron chi connectivity index (χ3n) is 4.71. The average Bonchev–Trinajstić information content (AvgIpc) is 2.48. The molecule has 0 bridgehead atoms. The molecule has 0 aliphatic carbocycles. The van der Waals surface area contributed by atoms with Crippen LogP contribution in [0.15, 0.2) is 24.3 Å². The van der Waals surface area contributed by atoms with Gasteiger partial charge in [-0.05, 0) is 69.8 Å². The van der Waals surface area contributed by atoms with Crippen molar-refractivity contribution in [3.05, 3.63) is 35.4 Å². The standard InChI is InChI=1S/C18H30N2/c1-4-11-19-16(3)17-9-12-20(13-10-17)14-18-8-6-5-7-15(18)2/h5-8,16-17,19H,4,9-14H2,1-3H3. The molecule has 2 heteroatoms. The van der Waals surface area contributed by atoms with Crippen molar-refractivity contribution in [1.82, 2.24) is 10.2 Å². The van der Waals surface area contributed by atoms with E-state index in [2.05, 4.69) is 55.3 Å². The molecule has 2 rings (SSSR count). The van der Waals surface area contributed by atoms with Crippen molar-refractivity contribution >= 4 is 0 Å². The first-order chi connectivity index (χ1) is 9.70. The molecule has 1 aromatic rings. The highest BCUT2D eigenvalue weighted by Gasteiger charge is 2.23. The maximum absolute atomic E-state index is 3.66. The molecule has 1 fully saturated rings. The Morgan fingerprint density at radius 1 is 1.25 bits per heavy atom. The van der Waals surface area contributed by atoms with Crippen LogP contribution in [0.1, 0.15) is 44.2 Å². The van der Waals surface area contributed by atoms with Gasteiger partial charge in [-0.25, -0.2) is 0 Å². The predicted molar refractivity (Wildman–Crippen MR) is 86.9 cm³/mol. The molecule has 1 atom stereocenters. The van der Waals surface area contributed by atoms with Gasteiger partial charge in [0.25, 0.3) is 0 Å². The summed E-state index contributed by atoms with van der Waals surface area (Å²) in [5.74, 6) is 0.856. The summed E-state index contributed by atoms with van der Waals surface area (Å²) in [5.41, 5.74) is 2.91. The first-order valence-electron chi connectivity index (χ1n) is 8.21. The minimum atomic E-state index is 0.676. The van der Waals surface area contributed by atoms with Gasteiger partial charge in [0.05, 0.1) is 0 Å². The zero-order valence-corrected chi connectivity index (χ0v) is 13.4. The highest BCUT2D eigenvalue weighted by atomic mass is 15.1. The van der Waals surface area contributed by atoms with Crippen molar-refractivity contribution in [1.29, 1.82) is 0 Å². The summed E-state index contributed by atoms with van der Waals surface area (Å²) in [4.78, 5) is 2.62. The van der Waals surface area contributed by atoms with Gasteiger partial charge in [0.15, 0.2) is 0 Å². The Morgan fingerprint density at radius 3 is 2.60 bits per heavy atom. The lowest BCUT2D eigenvalue weighted by Gasteiger charge is -2.35. The van der Waals surface area contributed by atoms with Gasteiger partial charge >= 0.3 is 0 Å². The number of aryl methyl sites for hydroxylation is 1. The smallest absolute Gasteiger partial charge is 0.0236 e. The number of nitrogens with zero attached hydrogens (tertiary/aromatic N) is 1. The molecule has 0 saturated carbocycles. The third kappa shape index (κ3) is 4.32. The van der Waals surface area contributed by atoms with Crippen LogP contribution in [0.2, 0.25) is 0 Å². The van der Waals surface area contributed by atoms with Crippen LogP contribution in [0.5, 0.6) is 0 Å². The Balaban J connectivity index is 1.78. The van der Waals surface area contributed by atoms with Gasteiger partial charge < -0.3 is 5.32 Å². The number of benzene rings is 1. The molecule has 1 aliphatic heterocycles. The Morgan fingerprint density at radius 2 is 1.95 bits per heavy atom. The van der Waals surface area contributed by atoms with E-state index >= 15 is 0 Å². The fourth-order valence-electron chi connectivity index (χ4n) is 3.18. The molecule has 0 spiro atoms. The molecule has 1 N–H and O–H groups in total. The highest BCUT2D eigenvalue weighted by Crippen LogP contribution is 2.22. The van der Waals surface area contributed by atoms with Gasteiger partial charge in [-0.15, -0.1) is 0 Å². The van der Waals surface area contributed by atoms with Crippen molar-refractivity contribution in [3.63, 3.8) is 0 Å². The van der Waals surface area contributed by atoms with E-state index in [-0.39, 0.29) is 0 Å². The molecule has 1 saturated heterocycles. The van der Waals surface area contributed by atoms with Gasteiger partial charge in [-0.1, -0.05) is 31.2 Å². The quantitative estimate of drug-likeness (QED) is 0.853. The summed E-state index contributed by atoms with van der Waals surface area (Å²) in [6.45, 7) is 11.6. The Bertz CT molecular complexity index is 394. The largest absolute Gasteiger partial charge is 0.314 e. The predicted octanol–water partition coefficient (Wildman–Crippen LogP) is 3.60. The van der Waals surface area contributed by atoms with Crippen LogP contribution < -0.4 is 5.32 Å². The number of likely N-dealkylation sites (tertiary alicyclic amines) is 1. The lowest BCUT2D eigenvalue weighted by molar-refractivity contribution is 0.156. The van der Waals surface area contributed by atoms with E-state index in [1.807, 2.05) is 0 Å². The van der Waals surface area contributed by atoms with Crippen molar-refractivity contribution in [2.45, 2.75) is 52.6 Å². The van der Waals surface area contributed by atoms with E-state index in [4.69, 9.17) is 0 Å². The van der Waals surface area contributed by atoms with E-state index < -0.39 is 0 Å². The maximum atomic E-state index is 3.66. The maximum Gasteiger partial charge on any atom is 0.0236 e. The molecule has 0 aromatic heterocycles. The normalized spacial score (nSPS) is 19.1. The summed E-state index contributed by atoms with van der Waals surface area (Å²) in [7, 11) is 0. The second-order valence-corrected chi connectivity index (χ2v) is 6.28. The van der Waals surface area contributed by atoms with Crippen LogP contribution >= 0.6 is 0 Å². The zero-order valence-electron chi connectivity index (χ0n) is 13.4. The topological polar surface area (TPSA) is 15.3 Å². The van der Waals surface area contributed by atoms with Crippen LogP contribution in [0, 0.1) is 12.8 Å². The Labute approximate surface area is 124 Å². The van der Waals surface area contributed by atoms with Crippen molar-refractivity contribution in [2.75, 3.05) is 19.6 Å². The summed E-state index contributed by atoms with van der Waals surface area (Å²) in [6.07, 6.45) is 3.91. The minimum Gasteiger partial charge on any atom is -0.314 e. The van der Waals surface area contributed by atoms with Crippen LogP contribution in [0.4, 0.5) is 0 Å². The van der Waals surface area contributed by atoms with Crippen molar-refractivity contribution in [3.8, 4) is 0 Å². The SMILES string of the molecule is CCCNC(C)C1CCN(Cc2ccccc2C)CC1. The molecule has 2 nitrogen and oxygen atoms in total. The summed E-state index contributed by atoms with van der Waals surface area (Å²) >= 11 is 0. The average molecular weight is 274 g/mol. The molecule has 112 valence electrons. The van der Waals surface area contributed by atoms with Crippen molar-refractivity contribution in [2.24, 2.45) is 5.92 Å². The molecular weight excluding hydrogens is 244 g/mol. The Hall–Kier alpha value is -0.860. The third-order valence-corrected chi connectivity index (χ3v) is 4.71. The van der Waals surface area contributed by atoms with Crippen LogP contribution in [-0.2, 0) is 6.54 Å². The summed E-state index contributed by atoms with van der Waals surface area (Å²) in [6, 6.07) is 9.46. The second-order valence-electron chi connectivity index (χ2n) is 6.28. The van der Waals surface area contributed by atoms with Gasteiger partial charge in [0.2, 0.25) is 0 Å². The molecule has 0 radical (unpaired) electrons. The van der Waals surface area contributed by atoms with Gasteiger partial charge in [0, 0.05) is 12.6 Å². The molecule has 1 aliphatic rings. The van der Waals surface area contributed by atoms with E-state index in [9.17, 15) is 0 Å². The van der Waals surface area contributed by atoms with Crippen LogP contribution in [-0.4, -0.2) is 30.6 Å². The molecule has 1 unspecified atom stereocenters. The van der Waals surface area contributed by atoms with Crippen molar-refractivity contribution < 1.29 is 0 Å². The fraction of sp³-hybridized carbons (Fsp3) is 0.667. The number of piperidine rings is 1. The monoisotopic (exact) mass is 274 g/mol. The first-order valence-corrected chi connectivity index (χ1v) is 8.21. The highest BCUT2D eigenvalue weighted by molar-refractivity contribution is 5.25. The lowest BCUT2D eigenvalue weighted by atomic mass is 9.90. The summed E-state index contributed by atoms with van der Waals surface area (Å²) in [5, 5.41) is 3.66. The molecule has 1 aromatic carbocycles. The lowest BCUT2D eigenvalue weighted by Crippen LogP contribution is -2.41. The van der Waals surface area contributed by atoms with E-state index in [1.54, 1.807) is 0 Å². The summed E-state index contributed by atoms with van der Waals surface area (Å²) < 4.78 is 0. The van der Waals surface area contributed by atoms with Gasteiger partial charge in [0.1, 0.15) is 0 Å². The second kappa shape index (κ2) is 7.80. The molecule has 1 heterocycles. The van der Waals surface area contributed by atoms with Crippen LogP contribution in [0.25, 0.3) is 0 Å². The van der Waals surface area contributed by atoms with E-state index in [0.29, 0.717) is 6.04 Å². The minimum absolute atomic E-state index is 0.676. The van der Waals surface area contributed by atoms with Gasteiger partial charge in [-0.2, -0.15) is 0 Å². The molecular formula is C18H30N2. The number of hydrogen-bond acceptors (Lipinski definition) is 2. The first kappa shape index (κ1) is 15.5.